The Balaban J connectivity index is 2.16. The van der Waals surface area contributed by atoms with Crippen molar-refractivity contribution in [2.24, 2.45) is 5.92 Å². The van der Waals surface area contributed by atoms with Crippen molar-refractivity contribution in [3.05, 3.63) is 53.6 Å². The predicted molar refractivity (Wildman–Crippen MR) is 64.7 cm³/mol. The standard InChI is InChI=1S/C15H16/c1-11-10-12-6-2-3-8-14(12)15-9-5-4-7-13(11)15/h2,4-7,9-10,12,14H,3,8H2,1H3. The zero-order valence-corrected chi connectivity index (χ0v) is 9.11. The van der Waals surface area contributed by atoms with Crippen LogP contribution in [0.3, 0.4) is 0 Å². The Bertz CT molecular complexity index is 437. The van der Waals surface area contributed by atoms with Crippen LogP contribution < -0.4 is 0 Å². The Labute approximate surface area is 91.3 Å². The Hall–Kier alpha value is -1.30. The number of benzene rings is 1. The van der Waals surface area contributed by atoms with E-state index in [0.29, 0.717) is 5.92 Å². The Kier molecular flexibility index (Phi) is 2.02. The van der Waals surface area contributed by atoms with E-state index in [-0.39, 0.29) is 0 Å². The van der Waals surface area contributed by atoms with E-state index in [9.17, 15) is 0 Å². The van der Waals surface area contributed by atoms with E-state index in [0.717, 1.165) is 5.92 Å². The molecule has 0 fully saturated rings. The Morgan fingerprint density at radius 1 is 1.20 bits per heavy atom. The maximum atomic E-state index is 2.43. The molecule has 0 bridgehead atoms. The van der Waals surface area contributed by atoms with Crippen LogP contribution in [0.15, 0.2) is 42.5 Å². The van der Waals surface area contributed by atoms with Crippen molar-refractivity contribution >= 4 is 5.57 Å². The molecule has 3 rings (SSSR count). The smallest absolute Gasteiger partial charge is 0.00215 e. The lowest BCUT2D eigenvalue weighted by Gasteiger charge is -2.32. The lowest BCUT2D eigenvalue weighted by Crippen LogP contribution is -2.17. The van der Waals surface area contributed by atoms with Crippen LogP contribution >= 0.6 is 0 Å². The summed E-state index contributed by atoms with van der Waals surface area (Å²) in [6.45, 7) is 2.23. The van der Waals surface area contributed by atoms with E-state index < -0.39 is 0 Å². The van der Waals surface area contributed by atoms with Crippen molar-refractivity contribution in [2.45, 2.75) is 25.7 Å². The van der Waals surface area contributed by atoms with Gasteiger partial charge in [-0.05, 0) is 42.4 Å². The van der Waals surface area contributed by atoms with Gasteiger partial charge in [-0.1, -0.05) is 42.5 Å². The van der Waals surface area contributed by atoms with Crippen LogP contribution in [-0.2, 0) is 0 Å². The number of allylic oxidation sites excluding steroid dienone is 4. The normalized spacial score (nSPS) is 27.9. The van der Waals surface area contributed by atoms with Gasteiger partial charge in [-0.15, -0.1) is 0 Å². The average Bonchev–Trinajstić information content (AvgIpc) is 2.30. The van der Waals surface area contributed by atoms with Crippen LogP contribution in [0.25, 0.3) is 5.57 Å². The molecule has 1 aromatic rings. The summed E-state index contributed by atoms with van der Waals surface area (Å²) < 4.78 is 0. The minimum atomic E-state index is 0.647. The molecule has 2 aliphatic rings. The van der Waals surface area contributed by atoms with Crippen LogP contribution in [0.4, 0.5) is 0 Å². The van der Waals surface area contributed by atoms with Gasteiger partial charge in [-0.2, -0.15) is 0 Å². The second-order valence-corrected chi connectivity index (χ2v) is 4.63. The van der Waals surface area contributed by atoms with Gasteiger partial charge in [0.05, 0.1) is 0 Å². The number of hydrogen-bond donors (Lipinski definition) is 0. The molecule has 0 spiro atoms. The molecule has 0 radical (unpaired) electrons. The van der Waals surface area contributed by atoms with Crippen LogP contribution in [0.1, 0.15) is 36.8 Å². The van der Waals surface area contributed by atoms with E-state index in [1.165, 1.54) is 24.0 Å². The third-order valence-electron chi connectivity index (χ3n) is 3.69. The molecule has 76 valence electrons. The number of hydrogen-bond acceptors (Lipinski definition) is 0. The number of rotatable bonds is 0. The fraction of sp³-hybridized carbons (Fsp3) is 0.333. The summed E-state index contributed by atoms with van der Waals surface area (Å²) in [5.74, 6) is 1.38. The average molecular weight is 196 g/mol. The third kappa shape index (κ3) is 1.36. The summed E-state index contributed by atoms with van der Waals surface area (Å²) in [4.78, 5) is 0. The van der Waals surface area contributed by atoms with Crippen LogP contribution in [0.5, 0.6) is 0 Å². The van der Waals surface area contributed by atoms with Gasteiger partial charge in [0.1, 0.15) is 0 Å². The first-order valence-electron chi connectivity index (χ1n) is 5.80. The molecule has 0 saturated heterocycles. The molecule has 0 heterocycles. The molecular weight excluding hydrogens is 180 g/mol. The Morgan fingerprint density at radius 3 is 3.00 bits per heavy atom. The first kappa shape index (κ1) is 8.96. The van der Waals surface area contributed by atoms with E-state index in [4.69, 9.17) is 0 Å². The second kappa shape index (κ2) is 3.37. The van der Waals surface area contributed by atoms with Gasteiger partial charge in [-0.3, -0.25) is 0 Å². The third-order valence-corrected chi connectivity index (χ3v) is 3.69. The van der Waals surface area contributed by atoms with E-state index in [2.05, 4.69) is 49.4 Å². The van der Waals surface area contributed by atoms with Crippen molar-refractivity contribution in [1.82, 2.24) is 0 Å². The zero-order chi connectivity index (χ0) is 10.3. The first-order chi connectivity index (χ1) is 7.36. The monoisotopic (exact) mass is 196 g/mol. The van der Waals surface area contributed by atoms with Crippen molar-refractivity contribution in [3.63, 3.8) is 0 Å². The molecule has 0 nitrogen and oxygen atoms in total. The zero-order valence-electron chi connectivity index (χ0n) is 9.11. The molecule has 0 amide bonds. The largest absolute Gasteiger partial charge is 0.0879 e. The molecule has 2 aliphatic carbocycles. The summed E-state index contributed by atoms with van der Waals surface area (Å²) in [5, 5.41) is 0. The van der Waals surface area contributed by atoms with Gasteiger partial charge in [-0.25, -0.2) is 0 Å². The summed E-state index contributed by atoms with van der Waals surface area (Å²) in [7, 11) is 0. The first-order valence-corrected chi connectivity index (χ1v) is 5.80. The van der Waals surface area contributed by atoms with Crippen LogP contribution in [0.2, 0.25) is 0 Å². The number of fused-ring (bicyclic) bond motifs is 3. The molecule has 0 saturated carbocycles. The molecule has 0 N–H and O–H groups in total. The topological polar surface area (TPSA) is 0 Å². The van der Waals surface area contributed by atoms with E-state index >= 15 is 0 Å². The second-order valence-electron chi connectivity index (χ2n) is 4.63. The van der Waals surface area contributed by atoms with Crippen molar-refractivity contribution < 1.29 is 0 Å². The van der Waals surface area contributed by atoms with Crippen LogP contribution in [0, 0.1) is 5.92 Å². The molecule has 15 heavy (non-hydrogen) atoms. The van der Waals surface area contributed by atoms with Crippen molar-refractivity contribution in [3.8, 4) is 0 Å². The highest BCUT2D eigenvalue weighted by Gasteiger charge is 2.27. The molecule has 2 atom stereocenters. The van der Waals surface area contributed by atoms with Crippen LogP contribution in [-0.4, -0.2) is 0 Å². The highest BCUT2D eigenvalue weighted by molar-refractivity contribution is 5.70. The fourth-order valence-corrected chi connectivity index (χ4v) is 2.95. The summed E-state index contributed by atoms with van der Waals surface area (Å²) >= 11 is 0. The lowest BCUT2D eigenvalue weighted by atomic mass is 9.72. The Morgan fingerprint density at radius 2 is 2.07 bits per heavy atom. The minimum absolute atomic E-state index is 0.647. The molecule has 0 heteroatoms. The van der Waals surface area contributed by atoms with E-state index in [1.54, 1.807) is 5.56 Å². The lowest BCUT2D eigenvalue weighted by molar-refractivity contribution is 0.523. The van der Waals surface area contributed by atoms with Gasteiger partial charge in [0.2, 0.25) is 0 Å². The summed E-state index contributed by atoms with van der Waals surface area (Å²) in [5.41, 5.74) is 4.47. The quantitative estimate of drug-likeness (QED) is 0.547. The van der Waals surface area contributed by atoms with Crippen molar-refractivity contribution in [2.75, 3.05) is 0 Å². The fourth-order valence-electron chi connectivity index (χ4n) is 2.95. The SMILES string of the molecule is CC1=CC2C=CCCC2c2ccccc21. The molecular formula is C15H16. The van der Waals surface area contributed by atoms with Gasteiger partial charge in [0.15, 0.2) is 0 Å². The van der Waals surface area contributed by atoms with Gasteiger partial charge in [0.25, 0.3) is 0 Å². The molecule has 0 aromatic heterocycles. The molecule has 1 aromatic carbocycles. The highest BCUT2D eigenvalue weighted by atomic mass is 14.3. The minimum Gasteiger partial charge on any atom is -0.0879 e. The summed E-state index contributed by atoms with van der Waals surface area (Å²) in [6, 6.07) is 8.89. The summed E-state index contributed by atoms with van der Waals surface area (Å²) in [6.07, 6.45) is 9.69. The van der Waals surface area contributed by atoms with Gasteiger partial charge >= 0.3 is 0 Å². The molecule has 2 unspecified atom stereocenters. The maximum absolute atomic E-state index is 2.43. The van der Waals surface area contributed by atoms with E-state index in [1.807, 2.05) is 0 Å². The van der Waals surface area contributed by atoms with Gasteiger partial charge in [0, 0.05) is 5.92 Å². The highest BCUT2D eigenvalue weighted by Crippen LogP contribution is 2.42. The van der Waals surface area contributed by atoms with Crippen molar-refractivity contribution in [1.29, 1.82) is 0 Å². The van der Waals surface area contributed by atoms with Gasteiger partial charge < -0.3 is 0 Å². The maximum Gasteiger partial charge on any atom is 0.00215 e. The molecule has 0 aliphatic heterocycles. The predicted octanol–water partition coefficient (Wildman–Crippen LogP) is 4.15.